The van der Waals surface area contributed by atoms with Gasteiger partial charge in [-0.25, -0.2) is 8.42 Å². The summed E-state index contributed by atoms with van der Waals surface area (Å²) < 4.78 is 36.7. The molecule has 2 aliphatic rings. The van der Waals surface area contributed by atoms with Crippen molar-refractivity contribution < 1.29 is 32.6 Å². The number of sulfone groups is 1. The summed E-state index contributed by atoms with van der Waals surface area (Å²) in [6.45, 7) is 1.49. The van der Waals surface area contributed by atoms with E-state index < -0.39 is 26.6 Å². The van der Waals surface area contributed by atoms with Gasteiger partial charge in [0.25, 0.3) is 0 Å². The van der Waals surface area contributed by atoms with E-state index in [1.54, 1.807) is 0 Å². The van der Waals surface area contributed by atoms with Crippen molar-refractivity contribution in [1.82, 2.24) is 4.90 Å². The van der Waals surface area contributed by atoms with Crippen LogP contribution in [0.15, 0.2) is 46.3 Å². The van der Waals surface area contributed by atoms with Crippen LogP contribution in [0, 0.1) is 0 Å². The third kappa shape index (κ3) is 4.18. The molecule has 0 aliphatic carbocycles. The molecule has 0 aromatic heterocycles. The maximum Gasteiger partial charge on any atom is 0.325 e. The molecule has 2 heterocycles. The van der Waals surface area contributed by atoms with Gasteiger partial charge in [-0.1, -0.05) is 6.08 Å². The van der Waals surface area contributed by atoms with Crippen LogP contribution in [-0.4, -0.2) is 80.7 Å². The van der Waals surface area contributed by atoms with Crippen molar-refractivity contribution in [2.24, 2.45) is 4.99 Å². The zero-order valence-electron chi connectivity index (χ0n) is 15.9. The van der Waals surface area contributed by atoms with Crippen molar-refractivity contribution >= 4 is 27.9 Å². The maximum atomic E-state index is 13.2. The second kappa shape index (κ2) is 8.34. The Balaban J connectivity index is 1.97. The predicted octanol–water partition coefficient (Wildman–Crippen LogP) is 0.550. The van der Waals surface area contributed by atoms with E-state index >= 15 is 0 Å². The van der Waals surface area contributed by atoms with Crippen molar-refractivity contribution in [1.29, 1.82) is 0 Å². The van der Waals surface area contributed by atoms with Gasteiger partial charge in [-0.2, -0.15) is 0 Å². The number of carboxylic acid groups (broad SMARTS) is 1. The lowest BCUT2D eigenvalue weighted by Crippen LogP contribution is -2.52. The van der Waals surface area contributed by atoms with Crippen LogP contribution in [0.25, 0.3) is 0 Å². The van der Waals surface area contributed by atoms with Crippen LogP contribution in [-0.2, 0) is 24.2 Å². The zero-order chi connectivity index (χ0) is 21.1. The zero-order valence-corrected chi connectivity index (χ0v) is 16.7. The molecule has 1 aromatic carbocycles. The van der Waals surface area contributed by atoms with Crippen molar-refractivity contribution in [2.75, 3.05) is 33.4 Å². The van der Waals surface area contributed by atoms with Crippen molar-refractivity contribution in [3.63, 3.8) is 0 Å². The molecule has 1 N–H and O–H groups in total. The molecule has 1 amide bonds. The number of ether oxygens (including phenoxy) is 2. The minimum atomic E-state index is -4.36. The van der Waals surface area contributed by atoms with E-state index in [4.69, 9.17) is 9.47 Å². The highest BCUT2D eigenvalue weighted by Gasteiger charge is 2.52. The standard InChI is InChI=1S/C19H22N2O7S/c1-27-14-3-5-15(6-4-14)29(25,26)17(18(23)24)19(7-2-8-20-19)13-16(22)21-9-11-28-12-10-21/h2-8,17H,9-13H2,1H3,(H,23,24). The van der Waals surface area contributed by atoms with Gasteiger partial charge in [0.2, 0.25) is 5.91 Å². The number of carbonyl (C=O) groups excluding carboxylic acids is 1. The third-order valence-electron chi connectivity index (χ3n) is 4.96. The molecule has 1 fully saturated rings. The summed E-state index contributed by atoms with van der Waals surface area (Å²) in [5.74, 6) is -1.50. The number of carboxylic acids is 1. The van der Waals surface area contributed by atoms with Gasteiger partial charge in [0.15, 0.2) is 15.1 Å². The fourth-order valence-electron chi connectivity index (χ4n) is 3.47. The summed E-state index contributed by atoms with van der Waals surface area (Å²) >= 11 is 0. The quantitative estimate of drug-likeness (QED) is 0.681. The molecule has 2 atom stereocenters. The van der Waals surface area contributed by atoms with Crippen LogP contribution < -0.4 is 4.74 Å². The van der Waals surface area contributed by atoms with Crippen LogP contribution in [0.3, 0.4) is 0 Å². The second-order valence-electron chi connectivity index (χ2n) is 6.74. The van der Waals surface area contributed by atoms with E-state index in [1.807, 2.05) is 0 Å². The minimum Gasteiger partial charge on any atom is -0.497 e. The Kier molecular flexibility index (Phi) is 6.04. The van der Waals surface area contributed by atoms with Gasteiger partial charge < -0.3 is 19.5 Å². The lowest BCUT2D eigenvalue weighted by atomic mass is 9.91. The van der Waals surface area contributed by atoms with E-state index in [-0.39, 0.29) is 17.2 Å². The molecule has 0 saturated carbocycles. The summed E-state index contributed by atoms with van der Waals surface area (Å²) in [5.41, 5.74) is -1.72. The second-order valence-corrected chi connectivity index (χ2v) is 8.77. The monoisotopic (exact) mass is 422 g/mol. The molecule has 3 rings (SSSR count). The number of morpholine rings is 1. The van der Waals surface area contributed by atoms with Gasteiger partial charge in [-0.3, -0.25) is 14.6 Å². The van der Waals surface area contributed by atoms with Gasteiger partial charge in [-0.05, 0) is 30.3 Å². The van der Waals surface area contributed by atoms with Crippen molar-refractivity contribution in [2.45, 2.75) is 22.1 Å². The van der Waals surface area contributed by atoms with Crippen LogP contribution in [0.2, 0.25) is 0 Å². The number of methoxy groups -OCH3 is 1. The highest BCUT2D eigenvalue weighted by Crippen LogP contribution is 2.35. The number of rotatable bonds is 7. The van der Waals surface area contributed by atoms with Crippen LogP contribution in [0.5, 0.6) is 5.75 Å². The number of aliphatic imine (C=N–C) groups is 1. The van der Waals surface area contributed by atoms with Gasteiger partial charge >= 0.3 is 5.97 Å². The first kappa shape index (κ1) is 21.0. The Hall–Kier alpha value is -2.72. The number of hydrogen-bond donors (Lipinski definition) is 1. The van der Waals surface area contributed by atoms with E-state index in [0.29, 0.717) is 32.1 Å². The third-order valence-corrected chi connectivity index (χ3v) is 7.12. The molecule has 0 spiro atoms. The molecule has 9 nitrogen and oxygen atoms in total. The first-order chi connectivity index (χ1) is 13.8. The highest BCUT2D eigenvalue weighted by atomic mass is 32.2. The normalized spacial score (nSPS) is 22.4. The Bertz CT molecular complexity index is 920. The van der Waals surface area contributed by atoms with Crippen molar-refractivity contribution in [3.8, 4) is 5.75 Å². The molecule has 29 heavy (non-hydrogen) atoms. The van der Waals surface area contributed by atoms with Crippen molar-refractivity contribution in [3.05, 3.63) is 36.4 Å². The summed E-state index contributed by atoms with van der Waals surface area (Å²) in [4.78, 5) is 30.4. The number of hydrogen-bond acceptors (Lipinski definition) is 7. The minimum absolute atomic E-state index is 0.181. The highest BCUT2D eigenvalue weighted by molar-refractivity contribution is 7.93. The van der Waals surface area contributed by atoms with E-state index in [9.17, 15) is 23.1 Å². The maximum absolute atomic E-state index is 13.2. The summed E-state index contributed by atoms with van der Waals surface area (Å²) in [7, 11) is -2.92. The van der Waals surface area contributed by atoms with E-state index in [2.05, 4.69) is 4.99 Å². The van der Waals surface area contributed by atoms with Gasteiger partial charge in [0, 0.05) is 19.3 Å². The number of amides is 1. The van der Waals surface area contributed by atoms with E-state index in [0.717, 1.165) is 0 Å². The topological polar surface area (TPSA) is 123 Å². The van der Waals surface area contributed by atoms with E-state index in [1.165, 1.54) is 54.6 Å². The van der Waals surface area contributed by atoms with Crippen LogP contribution in [0.4, 0.5) is 0 Å². The molecular weight excluding hydrogens is 400 g/mol. The SMILES string of the molecule is COc1ccc(S(=O)(=O)C(C(=O)O)C2(CC(=O)N3CCOCC3)C=CC=N2)cc1. The van der Waals surface area contributed by atoms with Gasteiger partial charge in [0.05, 0.1) is 31.6 Å². The Morgan fingerprint density at radius 3 is 2.45 bits per heavy atom. The number of allylic oxidation sites excluding steroid dienone is 1. The Labute approximate surface area is 168 Å². The first-order valence-electron chi connectivity index (χ1n) is 8.99. The molecule has 10 heteroatoms. The number of carbonyl (C=O) groups is 2. The van der Waals surface area contributed by atoms with Crippen LogP contribution >= 0.6 is 0 Å². The number of nitrogens with zero attached hydrogens (tertiary/aromatic N) is 2. The number of benzene rings is 1. The first-order valence-corrected chi connectivity index (χ1v) is 10.5. The smallest absolute Gasteiger partial charge is 0.325 e. The molecule has 1 saturated heterocycles. The van der Waals surface area contributed by atoms with Gasteiger partial charge in [-0.15, -0.1) is 0 Å². The fraction of sp³-hybridized carbons (Fsp3) is 0.421. The molecule has 0 radical (unpaired) electrons. The predicted molar refractivity (Wildman–Crippen MR) is 104 cm³/mol. The van der Waals surface area contributed by atoms with Crippen LogP contribution in [0.1, 0.15) is 6.42 Å². The molecule has 2 aliphatic heterocycles. The summed E-state index contributed by atoms with van der Waals surface area (Å²) in [6.07, 6.45) is 3.80. The molecule has 2 unspecified atom stereocenters. The largest absolute Gasteiger partial charge is 0.497 e. The average Bonchev–Trinajstić information content (AvgIpc) is 3.16. The molecule has 1 aromatic rings. The fourth-order valence-corrected chi connectivity index (χ4v) is 5.28. The summed E-state index contributed by atoms with van der Waals surface area (Å²) in [6, 6.07) is 5.43. The van der Waals surface area contributed by atoms with Gasteiger partial charge in [0.1, 0.15) is 11.3 Å². The summed E-state index contributed by atoms with van der Waals surface area (Å²) in [5, 5.41) is 7.91. The molecule has 156 valence electrons. The number of aliphatic carboxylic acids is 1. The lowest BCUT2D eigenvalue weighted by Gasteiger charge is -2.33. The Morgan fingerprint density at radius 1 is 1.28 bits per heavy atom. The lowest BCUT2D eigenvalue weighted by molar-refractivity contribution is -0.139. The molecule has 0 bridgehead atoms. The Morgan fingerprint density at radius 2 is 1.93 bits per heavy atom. The average molecular weight is 422 g/mol. The molecular formula is C19H22N2O7S.